The van der Waals surface area contributed by atoms with Crippen LogP contribution in [-0.2, 0) is 9.53 Å². The molecule has 1 aromatic carbocycles. The van der Waals surface area contributed by atoms with Crippen LogP contribution >= 0.6 is 0 Å². The Morgan fingerprint density at radius 3 is 2.77 bits per heavy atom. The number of nitrogens with one attached hydrogen (secondary N) is 2. The number of Topliss-reactive ketones (excluding diaryl/α,β-unsaturated/α-hetero) is 1. The van der Waals surface area contributed by atoms with Crippen molar-refractivity contribution in [3.05, 3.63) is 47.7 Å². The largest absolute Gasteiger partial charge is 0.374 e. The fraction of sp³-hybridized carbons (Fsp3) is 0.400. The highest BCUT2D eigenvalue weighted by Gasteiger charge is 2.32. The summed E-state index contributed by atoms with van der Waals surface area (Å²) in [4.78, 5) is 36.3. The maximum atomic E-state index is 12.9. The number of amides is 1. The fourth-order valence-electron chi connectivity index (χ4n) is 4.26. The maximum Gasteiger partial charge on any atom is 0.228 e. The Morgan fingerprint density at radius 2 is 2.03 bits per heavy atom. The van der Waals surface area contributed by atoms with Crippen molar-refractivity contribution in [1.82, 2.24) is 19.7 Å². The van der Waals surface area contributed by atoms with Crippen LogP contribution in [-0.4, -0.2) is 51.7 Å². The van der Waals surface area contributed by atoms with Crippen LogP contribution in [0.25, 0.3) is 5.69 Å². The van der Waals surface area contributed by atoms with Crippen molar-refractivity contribution in [1.29, 1.82) is 0 Å². The summed E-state index contributed by atoms with van der Waals surface area (Å²) in [5, 5.41) is 10.9. The SMILES string of the molecule is CCOCC(=O)c1cnc(NC(=O)C2CC2)cc1Nc1cccc2c1N(C)C(C)c1nc(C)nn1-2. The van der Waals surface area contributed by atoms with Gasteiger partial charge in [0, 0.05) is 31.8 Å². The molecule has 3 aromatic rings. The lowest BCUT2D eigenvalue weighted by Gasteiger charge is -2.35. The molecule has 2 aromatic heterocycles. The number of anilines is 4. The predicted octanol–water partition coefficient (Wildman–Crippen LogP) is 3.79. The molecular weight excluding hydrogens is 446 g/mol. The molecule has 182 valence electrons. The lowest BCUT2D eigenvalue weighted by atomic mass is 10.1. The molecule has 1 unspecified atom stereocenters. The highest BCUT2D eigenvalue weighted by Crippen LogP contribution is 2.42. The van der Waals surface area contributed by atoms with Gasteiger partial charge >= 0.3 is 0 Å². The van der Waals surface area contributed by atoms with E-state index < -0.39 is 0 Å². The molecule has 0 radical (unpaired) electrons. The Morgan fingerprint density at radius 1 is 1.23 bits per heavy atom. The van der Waals surface area contributed by atoms with Gasteiger partial charge in [0.15, 0.2) is 11.6 Å². The zero-order chi connectivity index (χ0) is 24.7. The maximum absolute atomic E-state index is 12.9. The second-order valence-electron chi connectivity index (χ2n) is 8.95. The van der Waals surface area contributed by atoms with Gasteiger partial charge in [-0.3, -0.25) is 9.59 Å². The van der Waals surface area contributed by atoms with Crippen molar-refractivity contribution in [2.75, 3.05) is 35.8 Å². The highest BCUT2D eigenvalue weighted by molar-refractivity contribution is 6.04. The van der Waals surface area contributed by atoms with E-state index in [-0.39, 0.29) is 30.3 Å². The lowest BCUT2D eigenvalue weighted by molar-refractivity contribution is -0.117. The summed E-state index contributed by atoms with van der Waals surface area (Å²) in [6, 6.07) is 7.59. The van der Waals surface area contributed by atoms with Crippen LogP contribution in [0.2, 0.25) is 0 Å². The number of benzene rings is 1. The van der Waals surface area contributed by atoms with Crippen molar-refractivity contribution in [2.45, 2.75) is 39.7 Å². The number of carbonyl (C=O) groups excluding carboxylic acids is 2. The van der Waals surface area contributed by atoms with E-state index in [1.165, 1.54) is 6.20 Å². The topological polar surface area (TPSA) is 114 Å². The number of aromatic nitrogens is 4. The first-order chi connectivity index (χ1) is 16.9. The van der Waals surface area contributed by atoms with Crippen molar-refractivity contribution >= 4 is 34.6 Å². The summed E-state index contributed by atoms with van der Waals surface area (Å²) < 4.78 is 7.22. The summed E-state index contributed by atoms with van der Waals surface area (Å²) in [5.74, 6) is 1.79. The summed E-state index contributed by atoms with van der Waals surface area (Å²) in [6.07, 6.45) is 3.28. The quantitative estimate of drug-likeness (QED) is 0.473. The fourth-order valence-corrected chi connectivity index (χ4v) is 4.26. The number of ether oxygens (including phenoxy) is 1. The first kappa shape index (κ1) is 23.0. The molecule has 1 aliphatic carbocycles. The molecule has 0 saturated heterocycles. The van der Waals surface area contributed by atoms with Gasteiger partial charge in [-0.05, 0) is 45.7 Å². The minimum atomic E-state index is -0.192. The Kier molecular flexibility index (Phi) is 5.98. The van der Waals surface area contributed by atoms with Crippen LogP contribution in [0.15, 0.2) is 30.5 Å². The van der Waals surface area contributed by atoms with Gasteiger partial charge in [0.05, 0.1) is 34.4 Å². The van der Waals surface area contributed by atoms with Gasteiger partial charge in [0.1, 0.15) is 18.2 Å². The van der Waals surface area contributed by atoms with E-state index in [9.17, 15) is 9.59 Å². The van der Waals surface area contributed by atoms with Gasteiger partial charge in [0.2, 0.25) is 5.91 Å². The Balaban J connectivity index is 1.55. The van der Waals surface area contributed by atoms with Crippen LogP contribution in [0.5, 0.6) is 0 Å². The van der Waals surface area contributed by atoms with Crippen LogP contribution in [0, 0.1) is 12.8 Å². The lowest BCUT2D eigenvalue weighted by Crippen LogP contribution is -2.31. The zero-order valence-corrected chi connectivity index (χ0v) is 20.3. The summed E-state index contributed by atoms with van der Waals surface area (Å²) in [5.41, 5.74) is 3.56. The van der Waals surface area contributed by atoms with Crippen LogP contribution in [0.4, 0.5) is 22.9 Å². The normalized spacial score (nSPS) is 16.5. The Hall–Kier alpha value is -3.79. The molecule has 10 nitrogen and oxygen atoms in total. The average molecular weight is 476 g/mol. The van der Waals surface area contributed by atoms with Crippen molar-refractivity contribution in [3.8, 4) is 5.69 Å². The summed E-state index contributed by atoms with van der Waals surface area (Å²) >= 11 is 0. The first-order valence-corrected chi connectivity index (χ1v) is 11.9. The molecule has 35 heavy (non-hydrogen) atoms. The minimum Gasteiger partial charge on any atom is -0.374 e. The third kappa shape index (κ3) is 4.37. The van der Waals surface area contributed by atoms with Crippen molar-refractivity contribution in [3.63, 3.8) is 0 Å². The molecule has 5 rings (SSSR count). The van der Waals surface area contributed by atoms with Gasteiger partial charge in [-0.25, -0.2) is 14.6 Å². The number of fused-ring (bicyclic) bond motifs is 3. The van der Waals surface area contributed by atoms with Crippen molar-refractivity contribution in [2.24, 2.45) is 5.92 Å². The number of hydrogen-bond donors (Lipinski definition) is 2. The molecule has 3 heterocycles. The smallest absolute Gasteiger partial charge is 0.228 e. The van der Waals surface area contributed by atoms with Crippen molar-refractivity contribution < 1.29 is 14.3 Å². The second kappa shape index (κ2) is 9.10. The van der Waals surface area contributed by atoms with E-state index in [1.807, 2.05) is 43.8 Å². The third-order valence-electron chi connectivity index (χ3n) is 6.40. The van der Waals surface area contributed by atoms with Gasteiger partial charge in [-0.1, -0.05) is 6.07 Å². The number of pyridine rings is 1. The molecular formula is C25H29N7O3. The second-order valence-corrected chi connectivity index (χ2v) is 8.95. The van der Waals surface area contributed by atoms with Gasteiger partial charge < -0.3 is 20.3 Å². The molecule has 0 spiro atoms. The van der Waals surface area contributed by atoms with Gasteiger partial charge in [-0.15, -0.1) is 0 Å². The van der Waals surface area contributed by atoms with E-state index in [0.717, 1.165) is 35.7 Å². The van der Waals surface area contributed by atoms with Crippen LogP contribution in [0.1, 0.15) is 54.7 Å². The van der Waals surface area contributed by atoms with Gasteiger partial charge in [-0.2, -0.15) is 5.10 Å². The Labute approximate surface area is 203 Å². The molecule has 1 saturated carbocycles. The number of rotatable bonds is 8. The van der Waals surface area contributed by atoms with E-state index >= 15 is 0 Å². The third-order valence-corrected chi connectivity index (χ3v) is 6.40. The van der Waals surface area contributed by atoms with E-state index in [4.69, 9.17) is 4.74 Å². The molecule has 10 heteroatoms. The molecule has 1 aliphatic heterocycles. The molecule has 2 N–H and O–H groups in total. The van der Waals surface area contributed by atoms with Gasteiger partial charge in [0.25, 0.3) is 0 Å². The number of nitrogens with zero attached hydrogens (tertiary/aromatic N) is 5. The Bertz CT molecular complexity index is 1300. The first-order valence-electron chi connectivity index (χ1n) is 11.9. The number of hydrogen-bond acceptors (Lipinski definition) is 8. The van der Waals surface area contributed by atoms with E-state index in [2.05, 4.69) is 37.5 Å². The summed E-state index contributed by atoms with van der Waals surface area (Å²) in [7, 11) is 2.01. The monoisotopic (exact) mass is 475 g/mol. The number of ketones is 1. The van der Waals surface area contributed by atoms with E-state index in [1.54, 1.807) is 6.07 Å². The average Bonchev–Trinajstić information content (AvgIpc) is 3.62. The van der Waals surface area contributed by atoms with E-state index in [0.29, 0.717) is 29.5 Å². The van der Waals surface area contributed by atoms with Crippen LogP contribution in [0.3, 0.4) is 0 Å². The highest BCUT2D eigenvalue weighted by atomic mass is 16.5. The van der Waals surface area contributed by atoms with Crippen LogP contribution < -0.4 is 15.5 Å². The predicted molar refractivity (Wildman–Crippen MR) is 133 cm³/mol. The molecule has 1 amide bonds. The number of para-hydroxylation sites is 1. The standard InChI is InChI=1S/C25H29N7O3/c1-5-35-13-21(33)17-12-26-22(29-25(34)16-9-10-16)11-19(17)28-18-7-6-8-20-23(18)31(4)14(2)24-27-15(3)30-32(20)24/h6-8,11-12,14,16H,5,9-10,13H2,1-4H3,(H2,26,28,29,34). The molecule has 0 bridgehead atoms. The number of aryl methyl sites for hydroxylation is 1. The zero-order valence-electron chi connectivity index (χ0n) is 20.3. The molecule has 1 fully saturated rings. The minimum absolute atomic E-state index is 0.00321. The molecule has 1 atom stereocenters. The molecule has 2 aliphatic rings. The number of carbonyl (C=O) groups is 2. The summed E-state index contributed by atoms with van der Waals surface area (Å²) in [6.45, 7) is 6.19.